The fourth-order valence-electron chi connectivity index (χ4n) is 2.23. The highest BCUT2D eigenvalue weighted by molar-refractivity contribution is 14.0. The number of halogens is 1. The minimum absolute atomic E-state index is 0. The van der Waals surface area contributed by atoms with Gasteiger partial charge in [-0.25, -0.2) is 9.98 Å². The van der Waals surface area contributed by atoms with Crippen molar-refractivity contribution in [2.75, 3.05) is 6.54 Å². The SMILES string of the molecule is CCNC(=NCc1ncc(CC)s1)NC(C)Cc1ccc(C)s1.I. The highest BCUT2D eigenvalue weighted by Gasteiger charge is 2.08. The third-order valence-corrected chi connectivity index (χ3v) is 5.50. The molecule has 2 N–H and O–H groups in total. The molecule has 1 atom stereocenters. The van der Waals surface area contributed by atoms with Crippen LogP contribution in [-0.4, -0.2) is 23.5 Å². The van der Waals surface area contributed by atoms with E-state index in [0.717, 1.165) is 30.4 Å². The average Bonchev–Trinajstić information content (AvgIpc) is 3.14. The number of guanidine groups is 1. The van der Waals surface area contributed by atoms with Gasteiger partial charge in [-0.05, 0) is 39.3 Å². The summed E-state index contributed by atoms with van der Waals surface area (Å²) >= 11 is 3.61. The van der Waals surface area contributed by atoms with E-state index in [1.807, 2.05) is 17.5 Å². The van der Waals surface area contributed by atoms with Crippen LogP contribution in [0.15, 0.2) is 23.3 Å². The summed E-state index contributed by atoms with van der Waals surface area (Å²) in [4.78, 5) is 13.2. The lowest BCUT2D eigenvalue weighted by atomic mass is 10.2. The molecule has 0 aliphatic heterocycles. The zero-order valence-corrected chi connectivity index (χ0v) is 18.7. The first-order valence-electron chi connectivity index (χ1n) is 8.14. The number of nitrogens with one attached hydrogen (secondary N) is 2. The zero-order valence-electron chi connectivity index (χ0n) is 14.8. The van der Waals surface area contributed by atoms with Gasteiger partial charge in [-0.3, -0.25) is 0 Å². The molecular weight excluding hydrogens is 451 g/mol. The molecule has 2 heterocycles. The largest absolute Gasteiger partial charge is 0.357 e. The molecule has 134 valence electrons. The van der Waals surface area contributed by atoms with Crippen LogP contribution in [0.4, 0.5) is 0 Å². The summed E-state index contributed by atoms with van der Waals surface area (Å²) in [5.74, 6) is 0.863. The van der Waals surface area contributed by atoms with Crippen LogP contribution >= 0.6 is 46.7 Å². The summed E-state index contributed by atoms with van der Waals surface area (Å²) in [5.41, 5.74) is 0. The van der Waals surface area contributed by atoms with Gasteiger partial charge in [-0.2, -0.15) is 0 Å². The molecule has 0 saturated carbocycles. The quantitative estimate of drug-likeness (QED) is 0.353. The highest BCUT2D eigenvalue weighted by Crippen LogP contribution is 2.17. The Morgan fingerprint density at radius 3 is 2.62 bits per heavy atom. The Hall–Kier alpha value is -0.670. The van der Waals surface area contributed by atoms with E-state index in [1.165, 1.54) is 14.6 Å². The molecule has 4 nitrogen and oxygen atoms in total. The number of aromatic nitrogens is 1. The number of thiophene rings is 1. The second-order valence-electron chi connectivity index (χ2n) is 5.53. The number of hydrogen-bond acceptors (Lipinski definition) is 4. The van der Waals surface area contributed by atoms with Crippen LogP contribution in [0.1, 0.15) is 40.4 Å². The van der Waals surface area contributed by atoms with Gasteiger partial charge in [0.1, 0.15) is 5.01 Å². The van der Waals surface area contributed by atoms with Gasteiger partial charge in [0.15, 0.2) is 5.96 Å². The molecule has 0 aromatic carbocycles. The number of nitrogens with zero attached hydrogens (tertiary/aromatic N) is 2. The summed E-state index contributed by atoms with van der Waals surface area (Å²) < 4.78 is 0. The summed E-state index contributed by atoms with van der Waals surface area (Å²) in [6.45, 7) is 10.1. The van der Waals surface area contributed by atoms with E-state index in [2.05, 4.69) is 60.4 Å². The summed E-state index contributed by atoms with van der Waals surface area (Å²) in [7, 11) is 0. The predicted molar refractivity (Wildman–Crippen MR) is 117 cm³/mol. The van der Waals surface area contributed by atoms with Gasteiger partial charge in [-0.15, -0.1) is 46.7 Å². The molecule has 0 amide bonds. The van der Waals surface area contributed by atoms with Crippen molar-refractivity contribution in [1.29, 1.82) is 0 Å². The van der Waals surface area contributed by atoms with Crippen molar-refractivity contribution in [3.05, 3.63) is 38.0 Å². The lowest BCUT2D eigenvalue weighted by Gasteiger charge is -2.17. The third-order valence-electron chi connectivity index (χ3n) is 3.35. The molecule has 24 heavy (non-hydrogen) atoms. The fourth-order valence-corrected chi connectivity index (χ4v) is 4.04. The normalized spacial score (nSPS) is 12.6. The van der Waals surface area contributed by atoms with E-state index in [1.54, 1.807) is 11.3 Å². The van der Waals surface area contributed by atoms with Crippen LogP contribution < -0.4 is 10.6 Å². The minimum atomic E-state index is 0. The zero-order chi connectivity index (χ0) is 16.7. The monoisotopic (exact) mass is 478 g/mol. The molecule has 2 aromatic heterocycles. The summed E-state index contributed by atoms with van der Waals surface area (Å²) in [6.07, 6.45) is 4.01. The molecule has 1 unspecified atom stereocenters. The Bertz CT molecular complexity index is 636. The van der Waals surface area contributed by atoms with Gasteiger partial charge in [0.05, 0.1) is 6.54 Å². The van der Waals surface area contributed by atoms with Crippen molar-refractivity contribution in [3.8, 4) is 0 Å². The molecule has 7 heteroatoms. The van der Waals surface area contributed by atoms with Crippen LogP contribution in [-0.2, 0) is 19.4 Å². The van der Waals surface area contributed by atoms with Gasteiger partial charge >= 0.3 is 0 Å². The number of thiazole rings is 1. The van der Waals surface area contributed by atoms with E-state index in [0.29, 0.717) is 12.6 Å². The van der Waals surface area contributed by atoms with Gasteiger partial charge in [0.25, 0.3) is 0 Å². The van der Waals surface area contributed by atoms with Gasteiger partial charge in [-0.1, -0.05) is 6.92 Å². The first-order chi connectivity index (χ1) is 11.1. The molecule has 0 aliphatic rings. The Morgan fingerprint density at radius 2 is 2.04 bits per heavy atom. The predicted octanol–water partition coefficient (Wildman–Crippen LogP) is 4.38. The molecule has 0 radical (unpaired) electrons. The van der Waals surface area contributed by atoms with E-state index in [-0.39, 0.29) is 24.0 Å². The molecule has 0 saturated heterocycles. The van der Waals surface area contributed by atoms with Crippen LogP contribution in [0.5, 0.6) is 0 Å². The molecule has 0 fully saturated rings. The summed E-state index contributed by atoms with van der Waals surface area (Å²) in [5, 5.41) is 7.87. The Labute approximate surface area is 170 Å². The second kappa shape index (κ2) is 11.0. The highest BCUT2D eigenvalue weighted by atomic mass is 127. The van der Waals surface area contributed by atoms with Crippen LogP contribution in [0.2, 0.25) is 0 Å². The Kier molecular flexibility index (Phi) is 9.84. The fraction of sp³-hybridized carbons (Fsp3) is 0.529. The van der Waals surface area contributed by atoms with Crippen molar-refractivity contribution >= 4 is 52.6 Å². The summed E-state index contributed by atoms with van der Waals surface area (Å²) in [6, 6.07) is 4.73. The van der Waals surface area contributed by atoms with E-state index >= 15 is 0 Å². The Morgan fingerprint density at radius 1 is 1.25 bits per heavy atom. The van der Waals surface area contributed by atoms with Crippen molar-refractivity contribution in [2.24, 2.45) is 4.99 Å². The van der Waals surface area contributed by atoms with Gasteiger partial charge in [0.2, 0.25) is 0 Å². The number of rotatable bonds is 7. The van der Waals surface area contributed by atoms with Crippen molar-refractivity contribution < 1.29 is 0 Å². The maximum absolute atomic E-state index is 4.66. The first kappa shape index (κ1) is 21.4. The van der Waals surface area contributed by atoms with E-state index in [4.69, 9.17) is 0 Å². The maximum Gasteiger partial charge on any atom is 0.191 e. The van der Waals surface area contributed by atoms with Crippen molar-refractivity contribution in [3.63, 3.8) is 0 Å². The minimum Gasteiger partial charge on any atom is -0.357 e. The van der Waals surface area contributed by atoms with E-state index < -0.39 is 0 Å². The first-order valence-corrected chi connectivity index (χ1v) is 9.77. The van der Waals surface area contributed by atoms with Crippen molar-refractivity contribution in [2.45, 2.75) is 53.1 Å². The maximum atomic E-state index is 4.66. The third kappa shape index (κ3) is 7.06. The average molecular weight is 478 g/mol. The molecular formula is C17H27IN4S2. The van der Waals surface area contributed by atoms with Crippen LogP contribution in [0, 0.1) is 6.92 Å². The van der Waals surface area contributed by atoms with Gasteiger partial charge < -0.3 is 10.6 Å². The smallest absolute Gasteiger partial charge is 0.191 e. The topological polar surface area (TPSA) is 49.3 Å². The van der Waals surface area contributed by atoms with Crippen LogP contribution in [0.3, 0.4) is 0 Å². The molecule has 2 aromatic rings. The molecule has 0 bridgehead atoms. The molecule has 0 spiro atoms. The van der Waals surface area contributed by atoms with Gasteiger partial charge in [0, 0.05) is 39.8 Å². The number of aryl methyl sites for hydroxylation is 2. The lowest BCUT2D eigenvalue weighted by Crippen LogP contribution is -2.43. The number of aliphatic imine (C=N–C) groups is 1. The number of hydrogen-bond donors (Lipinski definition) is 2. The molecule has 2 rings (SSSR count). The van der Waals surface area contributed by atoms with E-state index in [9.17, 15) is 0 Å². The lowest BCUT2D eigenvalue weighted by molar-refractivity contribution is 0.645. The Balaban J connectivity index is 0.00000288. The molecule has 0 aliphatic carbocycles. The van der Waals surface area contributed by atoms with Crippen LogP contribution in [0.25, 0.3) is 0 Å². The van der Waals surface area contributed by atoms with Crippen molar-refractivity contribution in [1.82, 2.24) is 15.6 Å². The standard InChI is InChI=1S/C17H26N4S2.HI/c1-5-14-10-19-16(23-14)11-20-17(18-6-2)21-12(3)9-15-8-7-13(4)22-15;/h7-8,10,12H,5-6,9,11H2,1-4H3,(H2,18,20,21);1H. The second-order valence-corrected chi connectivity index (χ2v) is 8.10.